The number of aromatic nitrogens is 2. The van der Waals surface area contributed by atoms with Crippen LogP contribution >= 0.6 is 22.9 Å². The Morgan fingerprint density at radius 1 is 1.18 bits per heavy atom. The quantitative estimate of drug-likeness (QED) is 0.0937. The molecule has 1 saturated carbocycles. The molecule has 2 aromatic carbocycles. The van der Waals surface area contributed by atoms with Crippen molar-refractivity contribution in [1.29, 1.82) is 5.26 Å². The van der Waals surface area contributed by atoms with Gasteiger partial charge in [0.1, 0.15) is 41.0 Å². The molecular formula is C41H49ClF3N7O2SSi. The predicted octanol–water partition coefficient (Wildman–Crippen LogP) is 9.73. The summed E-state index contributed by atoms with van der Waals surface area (Å²) in [6, 6.07) is 6.57. The summed E-state index contributed by atoms with van der Waals surface area (Å²) in [6.45, 7) is 14.1. The molecule has 56 heavy (non-hydrogen) atoms. The lowest BCUT2D eigenvalue weighted by atomic mass is 9.95. The third-order valence-electron chi connectivity index (χ3n) is 12.8. The average Bonchev–Trinajstić information content (AvgIpc) is 3.85. The predicted molar refractivity (Wildman–Crippen MR) is 221 cm³/mol. The fraction of sp³-hybridized carbons (Fsp3) is 0.561. The first-order chi connectivity index (χ1) is 26.5. The molecular weight excluding hydrogens is 775 g/mol. The van der Waals surface area contributed by atoms with Crippen LogP contribution in [0.3, 0.4) is 0 Å². The number of hydrogen-bond donors (Lipinski definition) is 0. The van der Waals surface area contributed by atoms with Crippen LogP contribution in [0.15, 0.2) is 23.2 Å². The van der Waals surface area contributed by atoms with Crippen LogP contribution in [0.5, 0.6) is 6.01 Å². The Balaban J connectivity index is 1.24. The van der Waals surface area contributed by atoms with Gasteiger partial charge in [0.25, 0.3) is 0 Å². The van der Waals surface area contributed by atoms with Gasteiger partial charge >= 0.3 is 6.01 Å². The minimum atomic E-state index is -2.03. The minimum Gasteiger partial charge on any atom is -0.461 e. The van der Waals surface area contributed by atoms with Gasteiger partial charge in [0, 0.05) is 68.5 Å². The Labute approximate surface area is 336 Å². The molecule has 0 radical (unpaired) electrons. The Hall–Kier alpha value is -3.48. The van der Waals surface area contributed by atoms with Crippen molar-refractivity contribution in [3.63, 3.8) is 0 Å². The van der Waals surface area contributed by atoms with Crippen molar-refractivity contribution in [1.82, 2.24) is 19.8 Å². The molecule has 5 atom stereocenters. The lowest BCUT2D eigenvalue weighted by Gasteiger charge is -2.40. The van der Waals surface area contributed by atoms with Crippen LogP contribution in [0.2, 0.25) is 23.2 Å². The van der Waals surface area contributed by atoms with Crippen molar-refractivity contribution < 1.29 is 22.3 Å². The number of aliphatic imine (C=N–C) groups is 1. The van der Waals surface area contributed by atoms with Crippen LogP contribution in [0.25, 0.3) is 32.1 Å². The lowest BCUT2D eigenvalue weighted by molar-refractivity contribution is 0.107. The summed E-state index contributed by atoms with van der Waals surface area (Å²) in [5, 5.41) is 11.4. The van der Waals surface area contributed by atoms with Crippen molar-refractivity contribution in [3.05, 3.63) is 40.4 Å². The maximum absolute atomic E-state index is 17.5. The second-order valence-corrected chi connectivity index (χ2v) is 24.1. The number of anilines is 1. The van der Waals surface area contributed by atoms with Crippen LogP contribution in [0, 0.1) is 34.8 Å². The van der Waals surface area contributed by atoms with Gasteiger partial charge in [-0.2, -0.15) is 15.2 Å². The fourth-order valence-corrected chi connectivity index (χ4v) is 11.9. The van der Waals surface area contributed by atoms with Gasteiger partial charge < -0.3 is 19.0 Å². The Bertz CT molecular complexity index is 2280. The third-order valence-corrected chi connectivity index (χ3v) is 18.8. The van der Waals surface area contributed by atoms with E-state index in [4.69, 9.17) is 30.7 Å². The number of fused-ring (bicyclic) bond motifs is 5. The molecule has 2 aromatic heterocycles. The second kappa shape index (κ2) is 14.4. The number of hydrogen-bond acceptors (Lipinski definition) is 9. The molecule has 1 aliphatic carbocycles. The highest BCUT2D eigenvalue weighted by Gasteiger charge is 2.50. The topological polar surface area (TPSA) is 90.1 Å². The summed E-state index contributed by atoms with van der Waals surface area (Å²) in [5.74, 6) is -0.126. The first-order valence-electron chi connectivity index (χ1n) is 19.5. The van der Waals surface area contributed by atoms with Gasteiger partial charge in [-0.1, -0.05) is 38.4 Å². The molecule has 3 aliphatic heterocycles. The van der Waals surface area contributed by atoms with Crippen LogP contribution in [0.4, 0.5) is 24.0 Å². The first-order valence-corrected chi connectivity index (χ1v) is 23.6. The fourth-order valence-electron chi connectivity index (χ4n) is 9.17. The van der Waals surface area contributed by atoms with E-state index < -0.39 is 31.7 Å². The zero-order chi connectivity index (χ0) is 39.9. The largest absolute Gasteiger partial charge is 0.461 e. The Morgan fingerprint density at radius 3 is 2.70 bits per heavy atom. The number of ether oxygens (including phenoxy) is 1. The van der Waals surface area contributed by atoms with E-state index in [1.54, 1.807) is 25.1 Å². The second-order valence-electron chi connectivity index (χ2n) is 18.0. The van der Waals surface area contributed by atoms with Crippen molar-refractivity contribution >= 4 is 69.4 Å². The van der Waals surface area contributed by atoms with E-state index in [1.165, 1.54) is 18.5 Å². The smallest absolute Gasteiger partial charge is 0.319 e. The molecule has 0 spiro atoms. The van der Waals surface area contributed by atoms with Crippen molar-refractivity contribution in [2.24, 2.45) is 16.8 Å². The maximum Gasteiger partial charge on any atom is 0.319 e. The van der Waals surface area contributed by atoms with Gasteiger partial charge in [0.15, 0.2) is 14.1 Å². The summed E-state index contributed by atoms with van der Waals surface area (Å²) in [6.07, 6.45) is 4.84. The van der Waals surface area contributed by atoms with Crippen molar-refractivity contribution in [2.75, 3.05) is 51.8 Å². The normalized spacial score (nSPS) is 25.5. The van der Waals surface area contributed by atoms with E-state index >= 15 is 8.78 Å². The number of thiophene rings is 1. The van der Waals surface area contributed by atoms with Gasteiger partial charge in [-0.25, -0.2) is 18.2 Å². The van der Waals surface area contributed by atoms with E-state index in [-0.39, 0.29) is 67.0 Å². The van der Waals surface area contributed by atoms with E-state index in [1.807, 2.05) is 0 Å². The van der Waals surface area contributed by atoms with Gasteiger partial charge in [-0.3, -0.25) is 4.90 Å². The number of alkyl halides is 1. The monoisotopic (exact) mass is 823 g/mol. The highest BCUT2D eigenvalue weighted by Crippen LogP contribution is 2.49. The van der Waals surface area contributed by atoms with Crippen LogP contribution < -0.4 is 9.64 Å². The molecule has 0 amide bonds. The molecule has 0 N–H and O–H groups in total. The number of halogens is 4. The third kappa shape index (κ3) is 6.85. The first kappa shape index (κ1) is 39.3. The van der Waals surface area contributed by atoms with Crippen LogP contribution in [-0.4, -0.2) is 99.1 Å². The summed E-state index contributed by atoms with van der Waals surface area (Å²) in [7, 11) is 1.55. The molecule has 0 unspecified atom stereocenters. The van der Waals surface area contributed by atoms with Gasteiger partial charge in [-0.15, -0.1) is 11.3 Å². The minimum absolute atomic E-state index is 0.00373. The van der Waals surface area contributed by atoms with Crippen molar-refractivity contribution in [3.8, 4) is 23.2 Å². The zero-order valence-corrected chi connectivity index (χ0v) is 35.6. The molecule has 4 aliphatic rings. The number of rotatable bonds is 9. The highest BCUT2D eigenvalue weighted by molar-refractivity contribution is 7.23. The highest BCUT2D eigenvalue weighted by atomic mass is 35.5. The zero-order valence-electron chi connectivity index (χ0n) is 33.1. The SMILES string of the molecule is CN(C)/C=N/c1sc2c(F)ccc(-c3c(Cl)cc4c(N5C[C@@H]6C[C@H](C5)[C@H](O[Si](C)(C)C(C)(C)C)C6)nc(OC[C@@]56CCCN5C[C@H](F)C6)nc4c3F)c2c1C#N. The molecule has 4 fully saturated rings. The average molecular weight is 824 g/mol. The van der Waals surface area contributed by atoms with Crippen LogP contribution in [-0.2, 0) is 4.43 Å². The molecule has 8 rings (SSSR count). The molecule has 15 heteroatoms. The summed E-state index contributed by atoms with van der Waals surface area (Å²) < 4.78 is 61.1. The maximum atomic E-state index is 17.5. The molecule has 5 heterocycles. The van der Waals surface area contributed by atoms with E-state index in [2.05, 4.69) is 54.7 Å². The van der Waals surface area contributed by atoms with Gasteiger partial charge in [-0.05, 0) is 74.0 Å². The van der Waals surface area contributed by atoms with Gasteiger partial charge in [0.2, 0.25) is 0 Å². The number of benzene rings is 2. The molecule has 3 saturated heterocycles. The Kier molecular flexibility index (Phi) is 10.1. The van der Waals surface area contributed by atoms with E-state index in [0.717, 1.165) is 43.6 Å². The molecule has 2 bridgehead atoms. The van der Waals surface area contributed by atoms with Gasteiger partial charge in [0.05, 0.1) is 27.2 Å². The molecule has 9 nitrogen and oxygen atoms in total. The van der Waals surface area contributed by atoms with Crippen molar-refractivity contribution in [2.45, 2.75) is 88.8 Å². The summed E-state index contributed by atoms with van der Waals surface area (Å²) in [4.78, 5) is 20.2. The molecule has 298 valence electrons. The summed E-state index contributed by atoms with van der Waals surface area (Å²) >= 11 is 8.08. The Morgan fingerprint density at radius 2 is 1.96 bits per heavy atom. The standard InChI is InChI=1S/C41H49ClF3N7O2SSi/c1-40(2,3)56(6,7)54-31-14-23-13-24(31)19-51(18-23)37-27-15-29(42)33(26-9-10-30(44)36-32(26)28(17-46)38(55-36)47-22-50(4)5)34(45)35(27)48-39(49-37)53-21-41-11-8-12-52(41)20-25(43)16-41/h9-10,15,22-25,31H,8,11-14,16,18-21H2,1-7H3/b47-22+/t23-,24-,25-,31-,41+/m1/s1. The van der Waals surface area contributed by atoms with E-state index in [9.17, 15) is 9.65 Å². The molecule has 4 aromatic rings. The number of piperidine rings is 1. The van der Waals surface area contributed by atoms with E-state index in [0.29, 0.717) is 48.2 Å². The number of nitrogens with zero attached hydrogens (tertiary/aromatic N) is 7. The number of nitriles is 1. The lowest BCUT2D eigenvalue weighted by Crippen LogP contribution is -2.46. The van der Waals surface area contributed by atoms with Crippen LogP contribution in [0.1, 0.15) is 58.4 Å². The summed E-state index contributed by atoms with van der Waals surface area (Å²) in [5.41, 5.74) is -0.0739.